The molecule has 0 aliphatic carbocycles. The van der Waals surface area contributed by atoms with Gasteiger partial charge in [0.2, 0.25) is 10.0 Å². The van der Waals surface area contributed by atoms with E-state index < -0.39 is 15.9 Å². The maximum Gasteiger partial charge on any atom is 0.260 e. The molecule has 0 aliphatic rings. The molecule has 0 unspecified atom stereocenters. The topological polar surface area (TPSA) is 83.8 Å². The van der Waals surface area contributed by atoms with Crippen LogP contribution in [0.3, 0.4) is 0 Å². The summed E-state index contributed by atoms with van der Waals surface area (Å²) < 4.78 is 27.5. The lowest BCUT2D eigenvalue weighted by Crippen LogP contribution is -2.38. The summed E-state index contributed by atoms with van der Waals surface area (Å²) in [6.07, 6.45) is 2.64. The second kappa shape index (κ2) is 9.40. The number of hydrogen-bond acceptors (Lipinski definition) is 4. The third kappa shape index (κ3) is 5.45. The molecule has 1 aromatic heterocycles. The molecule has 168 valence electrons. The first kappa shape index (κ1) is 23.3. The number of nitrogens with zero attached hydrogens (tertiary/aromatic N) is 3. The first-order chi connectivity index (χ1) is 15.1. The number of nitrogens with one attached hydrogen (secondary N) is 1. The van der Waals surface area contributed by atoms with E-state index in [-0.39, 0.29) is 6.54 Å². The molecular weight excluding hydrogens is 424 g/mol. The fraction of sp³-hybridized carbons (Fsp3) is 0.250. The number of carbonyl (C=O) groups is 1. The number of rotatable bonds is 7. The van der Waals surface area contributed by atoms with Crippen LogP contribution in [0.15, 0.2) is 59.7 Å². The SMILES string of the molecule is Cc1cc(C)cc(-n2c(C)cc(/C=N\NC(=O)CN(c3ccccc3)S(C)(=O)=O)c2C)c1. The van der Waals surface area contributed by atoms with Crippen molar-refractivity contribution in [2.45, 2.75) is 27.7 Å². The van der Waals surface area contributed by atoms with Gasteiger partial charge in [0, 0.05) is 22.6 Å². The standard InChI is InChI=1S/C24H28N4O3S/c1-17-11-18(2)13-23(12-17)28-19(3)14-21(20(28)4)15-25-26-24(29)16-27(32(5,30)31)22-9-7-6-8-10-22/h6-15H,16H2,1-5H3,(H,26,29)/b25-15-. The molecular formula is C24H28N4O3S. The van der Waals surface area contributed by atoms with Crippen LogP contribution in [0.2, 0.25) is 0 Å². The van der Waals surface area contributed by atoms with Gasteiger partial charge in [-0.2, -0.15) is 5.10 Å². The number of amides is 1. The molecule has 0 saturated heterocycles. The van der Waals surface area contributed by atoms with Crippen LogP contribution in [-0.4, -0.2) is 37.9 Å². The van der Waals surface area contributed by atoms with E-state index in [2.05, 4.69) is 47.1 Å². The highest BCUT2D eigenvalue weighted by molar-refractivity contribution is 7.92. The van der Waals surface area contributed by atoms with Crippen molar-refractivity contribution >= 4 is 27.8 Å². The van der Waals surface area contributed by atoms with E-state index >= 15 is 0 Å². The lowest BCUT2D eigenvalue weighted by atomic mass is 10.1. The van der Waals surface area contributed by atoms with E-state index in [1.54, 1.807) is 36.5 Å². The molecule has 1 amide bonds. The summed E-state index contributed by atoms with van der Waals surface area (Å²) in [5, 5.41) is 4.06. The summed E-state index contributed by atoms with van der Waals surface area (Å²) in [6.45, 7) is 7.79. The normalized spacial score (nSPS) is 11.7. The van der Waals surface area contributed by atoms with Gasteiger partial charge in [-0.1, -0.05) is 24.3 Å². The van der Waals surface area contributed by atoms with E-state index in [4.69, 9.17) is 0 Å². The Kier molecular flexibility index (Phi) is 6.84. The van der Waals surface area contributed by atoms with E-state index in [0.29, 0.717) is 5.69 Å². The molecule has 1 N–H and O–H groups in total. The number of benzene rings is 2. The summed E-state index contributed by atoms with van der Waals surface area (Å²) in [6, 6.07) is 16.9. The zero-order valence-corrected chi connectivity index (χ0v) is 19.8. The van der Waals surface area contributed by atoms with Crippen molar-refractivity contribution in [1.29, 1.82) is 0 Å². The predicted octanol–water partition coefficient (Wildman–Crippen LogP) is 3.63. The lowest BCUT2D eigenvalue weighted by molar-refractivity contribution is -0.119. The number of carbonyl (C=O) groups excluding carboxylic acids is 1. The van der Waals surface area contributed by atoms with E-state index in [1.807, 2.05) is 19.9 Å². The molecule has 7 nitrogen and oxygen atoms in total. The quantitative estimate of drug-likeness (QED) is 0.439. The Morgan fingerprint density at radius 2 is 1.66 bits per heavy atom. The van der Waals surface area contributed by atoms with Crippen LogP contribution in [0.5, 0.6) is 0 Å². The van der Waals surface area contributed by atoms with E-state index in [1.165, 1.54) is 11.1 Å². The summed E-state index contributed by atoms with van der Waals surface area (Å²) in [5.74, 6) is -0.529. The Bertz CT molecular complexity index is 1240. The third-order valence-corrected chi connectivity index (χ3v) is 6.20. The first-order valence-corrected chi connectivity index (χ1v) is 12.0. The molecule has 0 radical (unpaired) electrons. The number of sulfonamides is 1. The number of hydrazone groups is 1. The Morgan fingerprint density at radius 3 is 2.25 bits per heavy atom. The van der Waals surface area contributed by atoms with E-state index in [0.717, 1.165) is 33.2 Å². The Morgan fingerprint density at radius 1 is 1.03 bits per heavy atom. The number of para-hydroxylation sites is 1. The van der Waals surface area contributed by atoms with Crippen molar-refractivity contribution in [1.82, 2.24) is 9.99 Å². The van der Waals surface area contributed by atoms with Gasteiger partial charge in [-0.15, -0.1) is 0 Å². The second-order valence-electron chi connectivity index (χ2n) is 7.91. The van der Waals surface area contributed by atoms with Crippen molar-refractivity contribution in [3.63, 3.8) is 0 Å². The summed E-state index contributed by atoms with van der Waals surface area (Å²) >= 11 is 0. The van der Waals surface area contributed by atoms with Crippen molar-refractivity contribution in [2.75, 3.05) is 17.1 Å². The Balaban J connectivity index is 1.75. The predicted molar refractivity (Wildman–Crippen MR) is 129 cm³/mol. The van der Waals surface area contributed by atoms with Gasteiger partial charge in [-0.25, -0.2) is 13.8 Å². The number of anilines is 1. The zero-order chi connectivity index (χ0) is 23.5. The zero-order valence-electron chi connectivity index (χ0n) is 19.0. The van der Waals surface area contributed by atoms with E-state index in [9.17, 15) is 13.2 Å². The molecule has 32 heavy (non-hydrogen) atoms. The molecule has 8 heteroatoms. The van der Waals surface area contributed by atoms with Gasteiger partial charge >= 0.3 is 0 Å². The summed E-state index contributed by atoms with van der Waals surface area (Å²) in [7, 11) is -3.62. The van der Waals surface area contributed by atoms with Gasteiger partial charge < -0.3 is 4.57 Å². The minimum atomic E-state index is -3.62. The third-order valence-electron chi connectivity index (χ3n) is 5.06. The molecule has 3 aromatic rings. The van der Waals surface area contributed by atoms with Crippen molar-refractivity contribution in [3.05, 3.63) is 82.7 Å². The van der Waals surface area contributed by atoms with Gasteiger partial charge in [0.1, 0.15) is 6.54 Å². The monoisotopic (exact) mass is 452 g/mol. The number of hydrogen-bond donors (Lipinski definition) is 1. The molecule has 0 fully saturated rings. The van der Waals surface area contributed by atoms with Crippen molar-refractivity contribution in [3.8, 4) is 5.69 Å². The van der Waals surface area contributed by atoms with Crippen LogP contribution in [0.4, 0.5) is 5.69 Å². The number of aromatic nitrogens is 1. The Hall–Kier alpha value is -3.39. The maximum absolute atomic E-state index is 12.4. The van der Waals surface area contributed by atoms with Crippen LogP contribution in [0, 0.1) is 27.7 Å². The summed E-state index contributed by atoms with van der Waals surface area (Å²) in [5.41, 5.74) is 9.21. The van der Waals surface area contributed by atoms with Crippen LogP contribution in [0.1, 0.15) is 28.1 Å². The van der Waals surface area contributed by atoms with Gasteiger partial charge in [-0.3, -0.25) is 9.10 Å². The first-order valence-electron chi connectivity index (χ1n) is 10.2. The molecule has 0 bridgehead atoms. The average molecular weight is 453 g/mol. The minimum Gasteiger partial charge on any atom is -0.318 e. The van der Waals surface area contributed by atoms with Crippen LogP contribution >= 0.6 is 0 Å². The largest absolute Gasteiger partial charge is 0.318 e. The minimum absolute atomic E-state index is 0.359. The van der Waals surface area contributed by atoms with Gasteiger partial charge in [0.15, 0.2) is 0 Å². The highest BCUT2D eigenvalue weighted by atomic mass is 32.2. The van der Waals surface area contributed by atoms with Crippen molar-refractivity contribution < 1.29 is 13.2 Å². The highest BCUT2D eigenvalue weighted by Gasteiger charge is 2.20. The fourth-order valence-corrected chi connectivity index (χ4v) is 4.59. The molecule has 0 atom stereocenters. The van der Waals surface area contributed by atoms with Crippen LogP contribution in [-0.2, 0) is 14.8 Å². The number of aryl methyl sites for hydroxylation is 3. The smallest absolute Gasteiger partial charge is 0.260 e. The van der Waals surface area contributed by atoms with Crippen LogP contribution in [0.25, 0.3) is 5.69 Å². The molecule has 3 rings (SSSR count). The Labute approximate surface area is 189 Å². The molecule has 0 saturated carbocycles. The lowest BCUT2D eigenvalue weighted by Gasteiger charge is -2.21. The molecule has 0 aliphatic heterocycles. The molecule has 2 aromatic carbocycles. The van der Waals surface area contributed by atoms with Gasteiger partial charge in [0.25, 0.3) is 5.91 Å². The highest BCUT2D eigenvalue weighted by Crippen LogP contribution is 2.22. The maximum atomic E-state index is 12.4. The molecule has 1 heterocycles. The van der Waals surface area contributed by atoms with Gasteiger partial charge in [-0.05, 0) is 69.2 Å². The fourth-order valence-electron chi connectivity index (χ4n) is 3.73. The second-order valence-corrected chi connectivity index (χ2v) is 9.81. The molecule has 0 spiro atoms. The summed E-state index contributed by atoms with van der Waals surface area (Å²) in [4.78, 5) is 12.4. The van der Waals surface area contributed by atoms with Gasteiger partial charge in [0.05, 0.1) is 18.2 Å². The van der Waals surface area contributed by atoms with Crippen LogP contribution < -0.4 is 9.73 Å². The van der Waals surface area contributed by atoms with Crippen molar-refractivity contribution in [2.24, 2.45) is 5.10 Å². The average Bonchev–Trinajstić information content (AvgIpc) is 2.98.